The Morgan fingerprint density at radius 3 is 2.00 bits per heavy atom. The Morgan fingerprint density at radius 2 is 1.69 bits per heavy atom. The molecule has 0 aromatic rings. The van der Waals surface area contributed by atoms with Crippen molar-refractivity contribution in [2.75, 3.05) is 6.54 Å². The van der Waals surface area contributed by atoms with E-state index in [1.807, 2.05) is 27.7 Å². The van der Waals surface area contributed by atoms with Crippen LogP contribution in [-0.4, -0.2) is 18.4 Å². The number of hydrogen-bond acceptors (Lipinski definition) is 2. The first-order valence-electron chi connectivity index (χ1n) is 5.05. The van der Waals surface area contributed by atoms with Gasteiger partial charge in [0.05, 0.1) is 0 Å². The van der Waals surface area contributed by atoms with Gasteiger partial charge in [0, 0.05) is 23.9 Å². The summed E-state index contributed by atoms with van der Waals surface area (Å²) in [5.74, 6) is 0.463. The van der Waals surface area contributed by atoms with Gasteiger partial charge in [-0.1, -0.05) is 41.5 Å². The lowest BCUT2D eigenvalue weighted by Crippen LogP contribution is -2.40. The summed E-state index contributed by atoms with van der Waals surface area (Å²) in [7, 11) is 0. The molecule has 78 valence electrons. The molecule has 0 saturated heterocycles. The van der Waals surface area contributed by atoms with Gasteiger partial charge in [0.25, 0.3) is 0 Å². The zero-order valence-corrected chi connectivity index (χ0v) is 9.77. The zero-order valence-electron chi connectivity index (χ0n) is 9.77. The van der Waals surface area contributed by atoms with Gasteiger partial charge in [-0.25, -0.2) is 0 Å². The third-order valence-electron chi connectivity index (χ3n) is 2.14. The van der Waals surface area contributed by atoms with Crippen LogP contribution in [0.15, 0.2) is 0 Å². The fourth-order valence-corrected chi connectivity index (χ4v) is 1.33. The highest BCUT2D eigenvalue weighted by Gasteiger charge is 2.28. The highest BCUT2D eigenvalue weighted by Crippen LogP contribution is 2.20. The van der Waals surface area contributed by atoms with Crippen LogP contribution in [0.2, 0.25) is 0 Å². The number of hydrogen-bond donors (Lipinski definition) is 1. The van der Waals surface area contributed by atoms with Crippen LogP contribution in [0.1, 0.15) is 41.5 Å². The monoisotopic (exact) mass is 185 g/mol. The molecule has 0 unspecified atom stereocenters. The Morgan fingerprint density at radius 1 is 1.23 bits per heavy atom. The van der Waals surface area contributed by atoms with Crippen LogP contribution >= 0.6 is 0 Å². The highest BCUT2D eigenvalue weighted by atomic mass is 16.1. The van der Waals surface area contributed by atoms with Gasteiger partial charge in [-0.3, -0.25) is 4.79 Å². The summed E-state index contributed by atoms with van der Waals surface area (Å²) in [6.07, 6.45) is 0. The van der Waals surface area contributed by atoms with Gasteiger partial charge >= 0.3 is 0 Å². The molecule has 0 aliphatic heterocycles. The molecule has 0 radical (unpaired) electrons. The second kappa shape index (κ2) is 4.75. The van der Waals surface area contributed by atoms with Gasteiger partial charge < -0.3 is 5.32 Å². The van der Waals surface area contributed by atoms with Crippen molar-refractivity contribution >= 4 is 5.78 Å². The smallest absolute Gasteiger partial charge is 0.142 e. The van der Waals surface area contributed by atoms with E-state index in [2.05, 4.69) is 19.2 Å². The molecule has 0 heterocycles. The number of nitrogens with one attached hydrogen (secondary N) is 1. The van der Waals surface area contributed by atoms with E-state index < -0.39 is 0 Å². The maximum Gasteiger partial charge on any atom is 0.142 e. The molecular weight excluding hydrogens is 162 g/mol. The minimum atomic E-state index is -0.238. The molecule has 2 heteroatoms. The van der Waals surface area contributed by atoms with Gasteiger partial charge in [-0.05, 0) is 0 Å². The normalized spacial score (nSPS) is 12.6. The highest BCUT2D eigenvalue weighted by molar-refractivity contribution is 5.85. The van der Waals surface area contributed by atoms with Crippen molar-refractivity contribution in [3.05, 3.63) is 0 Å². The minimum absolute atomic E-state index is 0.129. The molecule has 0 aliphatic carbocycles. The molecule has 0 rings (SSSR count). The van der Waals surface area contributed by atoms with Crippen LogP contribution < -0.4 is 5.32 Å². The SMILES string of the molecule is CC(C)NCC(C)(C)C(=O)C(C)C. The van der Waals surface area contributed by atoms with Crippen LogP contribution in [0.25, 0.3) is 0 Å². The van der Waals surface area contributed by atoms with Crippen molar-refractivity contribution in [2.24, 2.45) is 11.3 Å². The lowest BCUT2D eigenvalue weighted by Gasteiger charge is -2.26. The van der Waals surface area contributed by atoms with Gasteiger partial charge in [0.2, 0.25) is 0 Å². The minimum Gasteiger partial charge on any atom is -0.314 e. The van der Waals surface area contributed by atoms with Crippen molar-refractivity contribution in [1.82, 2.24) is 5.32 Å². The standard InChI is InChI=1S/C11H23NO/c1-8(2)10(13)11(5,6)7-12-9(3)4/h8-9,12H,7H2,1-6H3. The second-order valence-corrected chi connectivity index (χ2v) is 4.94. The molecule has 0 amide bonds. The maximum absolute atomic E-state index is 11.7. The topological polar surface area (TPSA) is 29.1 Å². The van der Waals surface area contributed by atoms with Crippen LogP contribution in [-0.2, 0) is 4.79 Å². The summed E-state index contributed by atoms with van der Waals surface area (Å²) in [5.41, 5.74) is -0.238. The van der Waals surface area contributed by atoms with Crippen LogP contribution in [0.5, 0.6) is 0 Å². The third kappa shape index (κ3) is 4.41. The van der Waals surface area contributed by atoms with E-state index in [4.69, 9.17) is 0 Å². The van der Waals surface area contributed by atoms with Crippen LogP contribution in [0, 0.1) is 11.3 Å². The predicted molar refractivity (Wildman–Crippen MR) is 56.8 cm³/mol. The summed E-state index contributed by atoms with van der Waals surface area (Å²) in [6, 6.07) is 0.444. The Kier molecular flexibility index (Phi) is 4.62. The van der Waals surface area contributed by atoms with Crippen molar-refractivity contribution in [3.63, 3.8) is 0 Å². The van der Waals surface area contributed by atoms with E-state index in [1.165, 1.54) is 0 Å². The second-order valence-electron chi connectivity index (χ2n) is 4.94. The van der Waals surface area contributed by atoms with Crippen LogP contribution in [0.4, 0.5) is 0 Å². The van der Waals surface area contributed by atoms with Gasteiger partial charge in [-0.15, -0.1) is 0 Å². The maximum atomic E-state index is 11.7. The molecule has 0 aromatic heterocycles. The Hall–Kier alpha value is -0.370. The summed E-state index contributed by atoms with van der Waals surface area (Å²) < 4.78 is 0. The fraction of sp³-hybridized carbons (Fsp3) is 0.909. The molecule has 0 atom stereocenters. The first kappa shape index (κ1) is 12.6. The van der Waals surface area contributed by atoms with Gasteiger partial charge in [0.1, 0.15) is 5.78 Å². The first-order valence-corrected chi connectivity index (χ1v) is 5.05. The number of ketones is 1. The van der Waals surface area contributed by atoms with Crippen molar-refractivity contribution in [2.45, 2.75) is 47.6 Å². The van der Waals surface area contributed by atoms with Crippen molar-refractivity contribution in [1.29, 1.82) is 0 Å². The Bertz CT molecular complexity index is 171. The molecule has 1 N–H and O–H groups in total. The van der Waals surface area contributed by atoms with E-state index in [-0.39, 0.29) is 11.3 Å². The average molecular weight is 185 g/mol. The molecule has 0 aromatic carbocycles. The van der Waals surface area contributed by atoms with Gasteiger partial charge in [-0.2, -0.15) is 0 Å². The summed E-state index contributed by atoms with van der Waals surface area (Å²) in [6.45, 7) is 12.9. The van der Waals surface area contributed by atoms with E-state index in [0.29, 0.717) is 11.8 Å². The van der Waals surface area contributed by atoms with E-state index in [1.54, 1.807) is 0 Å². The van der Waals surface area contributed by atoms with E-state index in [9.17, 15) is 4.79 Å². The number of carbonyl (C=O) groups is 1. The molecule has 0 fully saturated rings. The third-order valence-corrected chi connectivity index (χ3v) is 2.14. The summed E-state index contributed by atoms with van der Waals surface area (Å²) in [5, 5.41) is 3.30. The predicted octanol–water partition coefficient (Wildman–Crippen LogP) is 2.24. The Balaban J connectivity index is 4.14. The molecule has 0 aliphatic rings. The van der Waals surface area contributed by atoms with Gasteiger partial charge in [0.15, 0.2) is 0 Å². The summed E-state index contributed by atoms with van der Waals surface area (Å²) in [4.78, 5) is 11.7. The summed E-state index contributed by atoms with van der Waals surface area (Å²) >= 11 is 0. The van der Waals surface area contributed by atoms with Crippen molar-refractivity contribution in [3.8, 4) is 0 Å². The lowest BCUT2D eigenvalue weighted by molar-refractivity contribution is -0.130. The zero-order chi connectivity index (χ0) is 10.6. The van der Waals surface area contributed by atoms with E-state index >= 15 is 0 Å². The largest absolute Gasteiger partial charge is 0.314 e. The lowest BCUT2D eigenvalue weighted by atomic mass is 9.82. The molecule has 0 spiro atoms. The first-order chi connectivity index (χ1) is 5.77. The number of rotatable bonds is 5. The van der Waals surface area contributed by atoms with E-state index in [0.717, 1.165) is 6.54 Å². The quantitative estimate of drug-likeness (QED) is 0.711. The number of Topliss-reactive ketones (excluding diaryl/α,β-unsaturated/α-hetero) is 1. The molecule has 2 nitrogen and oxygen atoms in total. The van der Waals surface area contributed by atoms with Crippen molar-refractivity contribution < 1.29 is 4.79 Å². The van der Waals surface area contributed by atoms with Crippen LogP contribution in [0.3, 0.4) is 0 Å². The average Bonchev–Trinajstić information content (AvgIpc) is 1.99. The number of carbonyl (C=O) groups excluding carboxylic acids is 1. The fourth-order valence-electron chi connectivity index (χ4n) is 1.33. The molecule has 0 saturated carbocycles. The Labute approximate surface area is 82.1 Å². The molecular formula is C11H23NO. The molecule has 0 bridgehead atoms. The molecule has 13 heavy (non-hydrogen) atoms.